The van der Waals surface area contributed by atoms with Gasteiger partial charge in [-0.15, -0.1) is 0 Å². The summed E-state index contributed by atoms with van der Waals surface area (Å²) in [5, 5.41) is 2.47. The third-order valence-corrected chi connectivity index (χ3v) is 10.3. The Morgan fingerprint density at radius 1 is 0.346 bits per heavy atom. The van der Waals surface area contributed by atoms with Gasteiger partial charge < -0.3 is 9.47 Å². The van der Waals surface area contributed by atoms with E-state index in [0.29, 0.717) is 0 Å². The lowest BCUT2D eigenvalue weighted by Gasteiger charge is -2.27. The molecule has 0 amide bonds. The minimum atomic E-state index is 1.10. The quantitative estimate of drug-likeness (QED) is 0.164. The summed E-state index contributed by atoms with van der Waals surface area (Å²) >= 11 is 0. The number of anilines is 3. The van der Waals surface area contributed by atoms with Crippen LogP contribution in [-0.4, -0.2) is 4.57 Å². The molecular formula is C50H38N2. The molecule has 0 bridgehead atoms. The number of para-hydroxylation sites is 2. The summed E-state index contributed by atoms with van der Waals surface area (Å²) in [6, 6.07) is 70.3. The van der Waals surface area contributed by atoms with Crippen molar-refractivity contribution >= 4 is 38.9 Å². The summed E-state index contributed by atoms with van der Waals surface area (Å²) < 4.78 is 2.45. The molecular weight excluding hydrogens is 629 g/mol. The summed E-state index contributed by atoms with van der Waals surface area (Å²) in [7, 11) is 0. The molecule has 0 saturated heterocycles. The Hall–Kier alpha value is -6.64. The summed E-state index contributed by atoms with van der Waals surface area (Å²) in [5.41, 5.74) is 16.7. The highest BCUT2D eigenvalue weighted by Crippen LogP contribution is 2.42. The van der Waals surface area contributed by atoms with E-state index in [1.807, 2.05) is 0 Å². The molecule has 0 spiro atoms. The summed E-state index contributed by atoms with van der Waals surface area (Å²) in [6.45, 7) is 4.41. The molecule has 1 aromatic heterocycles. The van der Waals surface area contributed by atoms with Gasteiger partial charge in [-0.3, -0.25) is 0 Å². The highest BCUT2D eigenvalue weighted by molar-refractivity contribution is 6.11. The first-order chi connectivity index (χ1) is 25.6. The van der Waals surface area contributed by atoms with E-state index in [9.17, 15) is 0 Å². The van der Waals surface area contributed by atoms with E-state index in [0.717, 1.165) is 17.1 Å². The normalized spacial score (nSPS) is 11.3. The minimum absolute atomic E-state index is 1.10. The Labute approximate surface area is 305 Å². The maximum Gasteiger partial charge on any atom is 0.0562 e. The number of hydrogen-bond donors (Lipinski definition) is 0. The Balaban J connectivity index is 1.26. The average Bonchev–Trinajstić information content (AvgIpc) is 3.53. The van der Waals surface area contributed by atoms with Gasteiger partial charge in [0, 0.05) is 33.4 Å². The third kappa shape index (κ3) is 5.55. The van der Waals surface area contributed by atoms with Gasteiger partial charge in [-0.05, 0) is 101 Å². The molecule has 0 saturated carbocycles. The molecule has 9 rings (SSSR count). The predicted molar refractivity (Wildman–Crippen MR) is 221 cm³/mol. The van der Waals surface area contributed by atoms with Crippen LogP contribution in [0.3, 0.4) is 0 Å². The number of aryl methyl sites for hydroxylation is 2. The van der Waals surface area contributed by atoms with E-state index in [-0.39, 0.29) is 0 Å². The highest BCUT2D eigenvalue weighted by atomic mass is 15.1. The Kier molecular flexibility index (Phi) is 7.98. The molecule has 9 aromatic rings. The second kappa shape index (κ2) is 13.2. The maximum atomic E-state index is 2.45. The third-order valence-electron chi connectivity index (χ3n) is 10.3. The average molecular weight is 667 g/mol. The van der Waals surface area contributed by atoms with Crippen molar-refractivity contribution in [3.8, 4) is 39.1 Å². The van der Waals surface area contributed by atoms with Crippen LogP contribution in [0.5, 0.6) is 0 Å². The first kappa shape index (κ1) is 31.3. The first-order valence-corrected chi connectivity index (χ1v) is 17.9. The molecule has 0 N–H and O–H groups in total. The van der Waals surface area contributed by atoms with Gasteiger partial charge in [0.2, 0.25) is 0 Å². The predicted octanol–water partition coefficient (Wildman–Crippen LogP) is 13.9. The van der Waals surface area contributed by atoms with Crippen molar-refractivity contribution in [3.05, 3.63) is 205 Å². The molecule has 1 heterocycles. The minimum Gasteiger partial charge on any atom is -0.310 e. The molecule has 0 radical (unpaired) electrons. The van der Waals surface area contributed by atoms with Gasteiger partial charge >= 0.3 is 0 Å². The van der Waals surface area contributed by atoms with Crippen molar-refractivity contribution in [1.29, 1.82) is 0 Å². The van der Waals surface area contributed by atoms with Crippen molar-refractivity contribution < 1.29 is 0 Å². The zero-order valence-electron chi connectivity index (χ0n) is 29.4. The van der Waals surface area contributed by atoms with E-state index in [2.05, 4.69) is 217 Å². The number of nitrogens with zero attached hydrogens (tertiary/aromatic N) is 2. The molecule has 8 aromatic carbocycles. The van der Waals surface area contributed by atoms with Crippen molar-refractivity contribution in [3.63, 3.8) is 0 Å². The van der Waals surface area contributed by atoms with Gasteiger partial charge in [-0.25, -0.2) is 0 Å². The maximum absolute atomic E-state index is 2.45. The van der Waals surface area contributed by atoms with Crippen LogP contribution in [0.1, 0.15) is 11.1 Å². The molecule has 0 fully saturated rings. The zero-order chi connectivity index (χ0) is 35.0. The van der Waals surface area contributed by atoms with Crippen LogP contribution in [0.2, 0.25) is 0 Å². The molecule has 0 aliphatic rings. The summed E-state index contributed by atoms with van der Waals surface area (Å²) in [4.78, 5) is 2.39. The number of hydrogen-bond acceptors (Lipinski definition) is 1. The van der Waals surface area contributed by atoms with Crippen LogP contribution in [0.4, 0.5) is 17.1 Å². The van der Waals surface area contributed by atoms with Crippen LogP contribution in [-0.2, 0) is 0 Å². The molecule has 248 valence electrons. The number of aromatic nitrogens is 1. The second-order valence-corrected chi connectivity index (χ2v) is 13.5. The largest absolute Gasteiger partial charge is 0.310 e. The zero-order valence-corrected chi connectivity index (χ0v) is 29.4. The lowest BCUT2D eigenvalue weighted by molar-refractivity contribution is 1.18. The SMILES string of the molecule is Cc1cc(N(c2ccc(-c3ccccc3)cc2)c2ccc3c4ccccc4n(-c4ccccc4-c4ccccc4C)c3c2)ccc1-c1ccccc1. The van der Waals surface area contributed by atoms with E-state index >= 15 is 0 Å². The van der Waals surface area contributed by atoms with Gasteiger partial charge in [-0.1, -0.05) is 146 Å². The molecule has 2 heteroatoms. The Morgan fingerprint density at radius 2 is 0.904 bits per heavy atom. The molecule has 52 heavy (non-hydrogen) atoms. The summed E-state index contributed by atoms with van der Waals surface area (Å²) in [6.07, 6.45) is 0. The number of benzene rings is 8. The van der Waals surface area contributed by atoms with Crippen LogP contribution >= 0.6 is 0 Å². The highest BCUT2D eigenvalue weighted by Gasteiger charge is 2.20. The molecule has 0 unspecified atom stereocenters. The van der Waals surface area contributed by atoms with E-state index in [1.54, 1.807) is 0 Å². The van der Waals surface area contributed by atoms with E-state index in [4.69, 9.17) is 0 Å². The molecule has 0 atom stereocenters. The molecule has 0 aliphatic carbocycles. The van der Waals surface area contributed by atoms with Crippen molar-refractivity contribution in [2.24, 2.45) is 0 Å². The van der Waals surface area contributed by atoms with Gasteiger partial charge in [0.15, 0.2) is 0 Å². The fourth-order valence-electron chi connectivity index (χ4n) is 7.74. The Morgan fingerprint density at radius 3 is 1.65 bits per heavy atom. The first-order valence-electron chi connectivity index (χ1n) is 17.9. The van der Waals surface area contributed by atoms with Crippen LogP contribution in [0.15, 0.2) is 194 Å². The number of rotatable bonds is 7. The van der Waals surface area contributed by atoms with Gasteiger partial charge in [0.25, 0.3) is 0 Å². The summed E-state index contributed by atoms with van der Waals surface area (Å²) in [5.74, 6) is 0. The topological polar surface area (TPSA) is 8.17 Å². The van der Waals surface area contributed by atoms with Crippen molar-refractivity contribution in [2.75, 3.05) is 4.90 Å². The van der Waals surface area contributed by atoms with E-state index < -0.39 is 0 Å². The monoisotopic (exact) mass is 666 g/mol. The standard InChI is InChI=1S/C50H38N2/c1-35-15-9-10-20-44(35)45-21-11-13-23-48(45)52-49-24-14-12-22-46(49)47-32-30-42(34-50(47)52)51(40-27-25-38(26-28-40)37-16-5-3-6-17-37)41-29-31-43(36(2)33-41)39-18-7-4-8-19-39/h3-34H,1-2H3. The van der Waals surface area contributed by atoms with Crippen LogP contribution in [0.25, 0.3) is 60.9 Å². The van der Waals surface area contributed by atoms with Crippen molar-refractivity contribution in [1.82, 2.24) is 4.57 Å². The Bertz CT molecular complexity index is 2690. The van der Waals surface area contributed by atoms with E-state index in [1.165, 1.54) is 72.0 Å². The van der Waals surface area contributed by atoms with Gasteiger partial charge in [0.1, 0.15) is 0 Å². The fourth-order valence-corrected chi connectivity index (χ4v) is 7.74. The molecule has 0 aliphatic heterocycles. The van der Waals surface area contributed by atoms with Crippen molar-refractivity contribution in [2.45, 2.75) is 13.8 Å². The number of fused-ring (bicyclic) bond motifs is 3. The van der Waals surface area contributed by atoms with Crippen LogP contribution in [0, 0.1) is 13.8 Å². The lowest BCUT2D eigenvalue weighted by atomic mass is 9.98. The van der Waals surface area contributed by atoms with Crippen LogP contribution < -0.4 is 4.90 Å². The lowest BCUT2D eigenvalue weighted by Crippen LogP contribution is -2.10. The second-order valence-electron chi connectivity index (χ2n) is 13.5. The molecule has 2 nitrogen and oxygen atoms in total. The fraction of sp³-hybridized carbons (Fsp3) is 0.0400. The van der Waals surface area contributed by atoms with Gasteiger partial charge in [-0.2, -0.15) is 0 Å². The smallest absolute Gasteiger partial charge is 0.0562 e. The van der Waals surface area contributed by atoms with Gasteiger partial charge in [0.05, 0.1) is 16.7 Å².